The molecule has 1 saturated heterocycles. The van der Waals surface area contributed by atoms with E-state index in [-0.39, 0.29) is 12.7 Å². The Bertz CT molecular complexity index is 646. The van der Waals surface area contributed by atoms with Gasteiger partial charge in [0.25, 0.3) is 0 Å². The molecule has 2 aliphatic rings. The molecule has 0 aromatic heterocycles. The van der Waals surface area contributed by atoms with Crippen molar-refractivity contribution >= 4 is 23.5 Å². The first kappa shape index (κ1) is 19.5. The molecular formula is C16H20N2O8. The lowest BCUT2D eigenvalue weighted by atomic mass is 10.2. The number of amides is 1. The maximum absolute atomic E-state index is 11.9. The van der Waals surface area contributed by atoms with Crippen LogP contribution in [0.2, 0.25) is 0 Å². The molecule has 10 heteroatoms. The third-order valence-electron chi connectivity index (χ3n) is 3.60. The number of rotatable bonds is 4. The zero-order chi connectivity index (χ0) is 18.9. The van der Waals surface area contributed by atoms with Gasteiger partial charge in [-0.2, -0.15) is 0 Å². The fourth-order valence-electron chi connectivity index (χ4n) is 2.28. The van der Waals surface area contributed by atoms with Gasteiger partial charge in [-0.3, -0.25) is 9.69 Å². The van der Waals surface area contributed by atoms with Crippen LogP contribution in [-0.2, 0) is 19.1 Å². The van der Waals surface area contributed by atoms with E-state index in [1.807, 2.05) is 6.07 Å². The zero-order valence-electron chi connectivity index (χ0n) is 14.0. The molecule has 0 spiro atoms. The van der Waals surface area contributed by atoms with E-state index < -0.39 is 11.9 Å². The van der Waals surface area contributed by atoms with Crippen molar-refractivity contribution in [3.63, 3.8) is 0 Å². The van der Waals surface area contributed by atoms with Crippen LogP contribution < -0.4 is 14.8 Å². The molecule has 2 heterocycles. The number of carboxylic acids is 2. The van der Waals surface area contributed by atoms with Gasteiger partial charge in [0.1, 0.15) is 0 Å². The van der Waals surface area contributed by atoms with E-state index in [9.17, 15) is 4.79 Å². The van der Waals surface area contributed by atoms with Crippen LogP contribution in [-0.4, -0.2) is 72.6 Å². The van der Waals surface area contributed by atoms with E-state index in [1.54, 1.807) is 12.1 Å². The minimum absolute atomic E-state index is 0.00959. The molecule has 1 aromatic carbocycles. The summed E-state index contributed by atoms with van der Waals surface area (Å²) in [6.45, 7) is 4.31. The van der Waals surface area contributed by atoms with E-state index in [0.29, 0.717) is 12.2 Å². The summed E-state index contributed by atoms with van der Waals surface area (Å²) in [7, 11) is 0. The van der Waals surface area contributed by atoms with E-state index in [1.165, 1.54) is 0 Å². The third-order valence-corrected chi connectivity index (χ3v) is 3.60. The lowest BCUT2D eigenvalue weighted by molar-refractivity contribution is -0.159. The number of hydrogen-bond acceptors (Lipinski definition) is 7. The summed E-state index contributed by atoms with van der Waals surface area (Å²) in [6, 6.07) is 5.41. The topological polar surface area (TPSA) is 135 Å². The molecule has 26 heavy (non-hydrogen) atoms. The van der Waals surface area contributed by atoms with Crippen LogP contribution in [0.3, 0.4) is 0 Å². The van der Waals surface area contributed by atoms with Gasteiger partial charge in [-0.15, -0.1) is 0 Å². The largest absolute Gasteiger partial charge is 0.473 e. The Labute approximate surface area is 149 Å². The van der Waals surface area contributed by atoms with Crippen LogP contribution >= 0.6 is 0 Å². The fourth-order valence-corrected chi connectivity index (χ4v) is 2.28. The molecule has 0 bridgehead atoms. The first-order chi connectivity index (χ1) is 12.5. The monoisotopic (exact) mass is 368 g/mol. The molecule has 1 aromatic rings. The van der Waals surface area contributed by atoms with E-state index >= 15 is 0 Å². The molecule has 0 radical (unpaired) electrons. The van der Waals surface area contributed by atoms with Gasteiger partial charge in [0, 0.05) is 37.8 Å². The number of carboxylic acid groups (broad SMARTS) is 2. The smallest absolute Gasteiger partial charge is 0.414 e. The fraction of sp³-hybridized carbons (Fsp3) is 0.438. The Hall–Kier alpha value is -2.85. The van der Waals surface area contributed by atoms with Crippen LogP contribution in [0.15, 0.2) is 18.2 Å². The molecule has 2 aliphatic heterocycles. The predicted molar refractivity (Wildman–Crippen MR) is 88.3 cm³/mol. The van der Waals surface area contributed by atoms with Gasteiger partial charge >= 0.3 is 11.9 Å². The average Bonchev–Trinajstić information content (AvgIpc) is 3.09. The number of morpholine rings is 1. The molecule has 10 nitrogen and oxygen atoms in total. The quantitative estimate of drug-likeness (QED) is 0.638. The first-order valence-corrected chi connectivity index (χ1v) is 7.91. The molecule has 3 rings (SSSR count). The van der Waals surface area contributed by atoms with Crippen molar-refractivity contribution in [1.29, 1.82) is 0 Å². The van der Waals surface area contributed by atoms with Gasteiger partial charge < -0.3 is 29.7 Å². The van der Waals surface area contributed by atoms with Gasteiger partial charge in [0.15, 0.2) is 11.5 Å². The van der Waals surface area contributed by atoms with Crippen molar-refractivity contribution in [3.05, 3.63) is 18.2 Å². The number of anilines is 1. The minimum atomic E-state index is -1.82. The number of carbonyl (C=O) groups is 3. The standard InChI is InChI=1S/C14H18N2O4.C2H2O4/c17-14(3-4-16-5-7-18-8-6-16)15-11-1-2-12-13(9-11)20-10-19-12;3-1(4)2(5)6/h1-2,9H,3-8,10H2,(H,15,17);(H,3,4)(H,5,6). The summed E-state index contributed by atoms with van der Waals surface area (Å²) >= 11 is 0. The SMILES string of the molecule is O=C(CCN1CCOCC1)Nc1ccc2c(c1)OCO2.O=C(O)C(=O)O. The second-order valence-electron chi connectivity index (χ2n) is 5.43. The van der Waals surface area contributed by atoms with Crippen molar-refractivity contribution < 1.29 is 38.8 Å². The lowest BCUT2D eigenvalue weighted by Gasteiger charge is -2.26. The number of carbonyl (C=O) groups excluding carboxylic acids is 1. The van der Waals surface area contributed by atoms with Crippen LogP contribution in [0.25, 0.3) is 0 Å². The summed E-state index contributed by atoms with van der Waals surface area (Å²) < 4.78 is 15.8. The van der Waals surface area contributed by atoms with Crippen molar-refractivity contribution in [2.45, 2.75) is 6.42 Å². The van der Waals surface area contributed by atoms with Gasteiger partial charge in [0.2, 0.25) is 12.7 Å². The molecule has 142 valence electrons. The van der Waals surface area contributed by atoms with Crippen molar-refractivity contribution in [2.75, 3.05) is 45.0 Å². The Morgan fingerprint density at radius 1 is 1.04 bits per heavy atom. The van der Waals surface area contributed by atoms with Gasteiger partial charge in [-0.25, -0.2) is 9.59 Å². The highest BCUT2D eigenvalue weighted by atomic mass is 16.7. The number of ether oxygens (including phenoxy) is 3. The maximum atomic E-state index is 11.9. The number of nitrogens with zero attached hydrogens (tertiary/aromatic N) is 1. The number of nitrogens with one attached hydrogen (secondary N) is 1. The highest BCUT2D eigenvalue weighted by Crippen LogP contribution is 2.34. The van der Waals surface area contributed by atoms with Gasteiger partial charge in [0.05, 0.1) is 13.2 Å². The summed E-state index contributed by atoms with van der Waals surface area (Å²) in [5, 5.41) is 17.7. The number of aliphatic carboxylic acids is 2. The van der Waals surface area contributed by atoms with Crippen molar-refractivity contribution in [3.8, 4) is 11.5 Å². The Morgan fingerprint density at radius 2 is 1.69 bits per heavy atom. The highest BCUT2D eigenvalue weighted by Gasteiger charge is 2.15. The van der Waals surface area contributed by atoms with Crippen LogP contribution in [0.1, 0.15) is 6.42 Å². The molecular weight excluding hydrogens is 348 g/mol. The normalized spacial score (nSPS) is 15.5. The maximum Gasteiger partial charge on any atom is 0.414 e. The van der Waals surface area contributed by atoms with E-state index in [0.717, 1.165) is 44.3 Å². The minimum Gasteiger partial charge on any atom is -0.473 e. The molecule has 3 N–H and O–H groups in total. The molecule has 0 saturated carbocycles. The zero-order valence-corrected chi connectivity index (χ0v) is 14.0. The Kier molecular flexibility index (Phi) is 7.18. The molecule has 0 aliphatic carbocycles. The number of benzene rings is 1. The van der Waals surface area contributed by atoms with Crippen molar-refractivity contribution in [1.82, 2.24) is 4.90 Å². The lowest BCUT2D eigenvalue weighted by Crippen LogP contribution is -2.38. The highest BCUT2D eigenvalue weighted by molar-refractivity contribution is 6.27. The third kappa shape index (κ3) is 6.22. The second-order valence-corrected chi connectivity index (χ2v) is 5.43. The molecule has 0 unspecified atom stereocenters. The van der Waals surface area contributed by atoms with Gasteiger partial charge in [-0.1, -0.05) is 0 Å². The van der Waals surface area contributed by atoms with Crippen LogP contribution in [0, 0.1) is 0 Å². The summed E-state index contributed by atoms with van der Waals surface area (Å²) in [4.78, 5) is 32.4. The molecule has 1 fully saturated rings. The van der Waals surface area contributed by atoms with Crippen LogP contribution in [0.4, 0.5) is 5.69 Å². The second kappa shape index (κ2) is 9.59. The van der Waals surface area contributed by atoms with Crippen LogP contribution in [0.5, 0.6) is 11.5 Å². The first-order valence-electron chi connectivity index (χ1n) is 7.91. The Balaban J connectivity index is 0.000000352. The molecule has 0 atom stereocenters. The van der Waals surface area contributed by atoms with E-state index in [4.69, 9.17) is 34.0 Å². The van der Waals surface area contributed by atoms with E-state index in [2.05, 4.69) is 10.2 Å². The predicted octanol–water partition coefficient (Wildman–Crippen LogP) is 0.232. The van der Waals surface area contributed by atoms with Crippen molar-refractivity contribution in [2.24, 2.45) is 0 Å². The molecule has 1 amide bonds. The summed E-state index contributed by atoms with van der Waals surface area (Å²) in [6.07, 6.45) is 0.481. The summed E-state index contributed by atoms with van der Waals surface area (Å²) in [5.41, 5.74) is 0.737. The number of hydrogen-bond donors (Lipinski definition) is 3. The van der Waals surface area contributed by atoms with Gasteiger partial charge in [-0.05, 0) is 12.1 Å². The average molecular weight is 368 g/mol. The Morgan fingerprint density at radius 3 is 2.35 bits per heavy atom. The summed E-state index contributed by atoms with van der Waals surface area (Å²) in [5.74, 6) is -2.24. The number of fused-ring (bicyclic) bond motifs is 1.